The van der Waals surface area contributed by atoms with Crippen LogP contribution in [-0.4, -0.2) is 19.7 Å². The zero-order chi connectivity index (χ0) is 14.0. The molecule has 0 aliphatic carbocycles. The third kappa shape index (κ3) is 3.03. The summed E-state index contributed by atoms with van der Waals surface area (Å²) in [7, 11) is -3.40. The lowest BCUT2D eigenvalue weighted by Crippen LogP contribution is -2.02. The Bertz CT molecular complexity index is 712. The summed E-state index contributed by atoms with van der Waals surface area (Å²) in [4.78, 5) is 4.02. The van der Waals surface area contributed by atoms with E-state index in [-0.39, 0.29) is 10.8 Å². The van der Waals surface area contributed by atoms with Gasteiger partial charge in [-0.1, -0.05) is 6.07 Å². The second-order valence-electron chi connectivity index (χ2n) is 4.21. The van der Waals surface area contributed by atoms with Gasteiger partial charge < -0.3 is 10.5 Å². The van der Waals surface area contributed by atoms with Gasteiger partial charge in [0.1, 0.15) is 10.6 Å². The van der Waals surface area contributed by atoms with Gasteiger partial charge in [-0.15, -0.1) is 0 Å². The summed E-state index contributed by atoms with van der Waals surface area (Å²) in [5.74, 6) is 0.544. The van der Waals surface area contributed by atoms with Crippen molar-refractivity contribution in [3.05, 3.63) is 42.1 Å². The lowest BCUT2D eigenvalue weighted by atomic mass is 10.2. The summed E-state index contributed by atoms with van der Waals surface area (Å²) in [5.41, 5.74) is 7.07. The van der Waals surface area contributed by atoms with Gasteiger partial charge >= 0.3 is 0 Å². The molecule has 0 saturated heterocycles. The molecule has 6 heteroatoms. The highest BCUT2D eigenvalue weighted by Crippen LogP contribution is 2.29. The number of sulfone groups is 1. The SMILES string of the molecule is Cc1ccc(N)cc1Oc1ncccc1S(C)(=O)=O. The number of ether oxygens (including phenoxy) is 1. The zero-order valence-electron chi connectivity index (χ0n) is 10.6. The quantitative estimate of drug-likeness (QED) is 0.870. The van der Waals surface area contributed by atoms with Gasteiger partial charge in [0.2, 0.25) is 5.88 Å². The standard InChI is InChI=1S/C13H14N2O3S/c1-9-5-6-10(14)8-11(9)18-13-12(19(2,16)17)4-3-7-15-13/h3-8H,14H2,1-2H3. The number of aromatic nitrogens is 1. The van der Waals surface area contributed by atoms with E-state index in [4.69, 9.17) is 10.5 Å². The van der Waals surface area contributed by atoms with E-state index in [0.29, 0.717) is 11.4 Å². The Kier molecular flexibility index (Phi) is 3.44. The molecule has 0 spiro atoms. The highest BCUT2D eigenvalue weighted by atomic mass is 32.2. The molecule has 19 heavy (non-hydrogen) atoms. The Morgan fingerprint density at radius 2 is 2.00 bits per heavy atom. The topological polar surface area (TPSA) is 82.3 Å². The molecule has 0 aliphatic rings. The number of nitrogens with zero attached hydrogens (tertiary/aromatic N) is 1. The molecule has 1 aromatic carbocycles. The average molecular weight is 278 g/mol. The van der Waals surface area contributed by atoms with Crippen molar-refractivity contribution < 1.29 is 13.2 Å². The van der Waals surface area contributed by atoms with E-state index in [1.54, 1.807) is 24.3 Å². The largest absolute Gasteiger partial charge is 0.437 e. The molecule has 0 saturated carbocycles. The van der Waals surface area contributed by atoms with E-state index in [1.165, 1.54) is 12.3 Å². The van der Waals surface area contributed by atoms with Crippen LogP contribution in [0.2, 0.25) is 0 Å². The maximum absolute atomic E-state index is 11.7. The molecule has 0 unspecified atom stereocenters. The first-order valence-corrected chi connectivity index (χ1v) is 7.46. The van der Waals surface area contributed by atoms with Gasteiger partial charge in [0.25, 0.3) is 0 Å². The van der Waals surface area contributed by atoms with Crippen LogP contribution in [0, 0.1) is 6.92 Å². The lowest BCUT2D eigenvalue weighted by Gasteiger charge is -2.11. The van der Waals surface area contributed by atoms with Crippen LogP contribution in [0.25, 0.3) is 0 Å². The highest BCUT2D eigenvalue weighted by molar-refractivity contribution is 7.90. The van der Waals surface area contributed by atoms with Crippen LogP contribution < -0.4 is 10.5 Å². The summed E-state index contributed by atoms with van der Waals surface area (Å²) >= 11 is 0. The molecule has 2 rings (SSSR count). The number of anilines is 1. The van der Waals surface area contributed by atoms with E-state index < -0.39 is 9.84 Å². The summed E-state index contributed by atoms with van der Waals surface area (Å²) in [5, 5.41) is 0. The molecule has 2 N–H and O–H groups in total. The molecule has 1 heterocycles. The molecular formula is C13H14N2O3S. The van der Waals surface area contributed by atoms with Gasteiger partial charge in [0.15, 0.2) is 9.84 Å². The Labute approximate surface area is 112 Å². The minimum atomic E-state index is -3.40. The zero-order valence-corrected chi connectivity index (χ0v) is 11.4. The Morgan fingerprint density at radius 1 is 1.26 bits per heavy atom. The van der Waals surface area contributed by atoms with Crippen molar-refractivity contribution >= 4 is 15.5 Å². The molecule has 0 amide bonds. The number of nitrogen functional groups attached to an aromatic ring is 1. The monoisotopic (exact) mass is 278 g/mol. The Balaban J connectivity index is 2.47. The molecule has 1 aromatic heterocycles. The molecule has 0 fully saturated rings. The third-order valence-electron chi connectivity index (χ3n) is 2.55. The summed E-state index contributed by atoms with van der Waals surface area (Å²) in [6, 6.07) is 8.19. The first-order valence-electron chi connectivity index (χ1n) is 5.57. The van der Waals surface area contributed by atoms with E-state index in [9.17, 15) is 8.42 Å². The molecule has 0 bridgehead atoms. The van der Waals surface area contributed by atoms with Crippen molar-refractivity contribution in [2.24, 2.45) is 0 Å². The minimum Gasteiger partial charge on any atom is -0.437 e. The molecule has 0 radical (unpaired) electrons. The number of nitrogens with two attached hydrogens (primary N) is 1. The Morgan fingerprint density at radius 3 is 2.68 bits per heavy atom. The number of hydrogen-bond acceptors (Lipinski definition) is 5. The van der Waals surface area contributed by atoms with Gasteiger partial charge in [-0.05, 0) is 30.7 Å². The number of aryl methyl sites for hydroxylation is 1. The van der Waals surface area contributed by atoms with Crippen LogP contribution in [0.5, 0.6) is 11.6 Å². The van der Waals surface area contributed by atoms with E-state index in [2.05, 4.69) is 4.98 Å². The molecule has 0 aliphatic heterocycles. The second kappa shape index (κ2) is 4.89. The Hall–Kier alpha value is -2.08. The van der Waals surface area contributed by atoms with Crippen molar-refractivity contribution in [2.45, 2.75) is 11.8 Å². The average Bonchev–Trinajstić information content (AvgIpc) is 2.33. The lowest BCUT2D eigenvalue weighted by molar-refractivity contribution is 0.444. The van der Waals surface area contributed by atoms with Crippen molar-refractivity contribution in [3.63, 3.8) is 0 Å². The summed E-state index contributed by atoms with van der Waals surface area (Å²) < 4.78 is 28.9. The molecule has 0 atom stereocenters. The van der Waals surface area contributed by atoms with Crippen molar-refractivity contribution in [2.75, 3.05) is 12.0 Å². The summed E-state index contributed by atoms with van der Waals surface area (Å²) in [6.45, 7) is 1.85. The van der Waals surface area contributed by atoms with Crippen molar-refractivity contribution in [1.29, 1.82) is 0 Å². The predicted octanol–water partition coefficient (Wildman–Crippen LogP) is 2.17. The fourth-order valence-electron chi connectivity index (χ4n) is 1.57. The number of hydrogen-bond donors (Lipinski definition) is 1. The van der Waals surface area contributed by atoms with E-state index in [1.807, 2.05) is 6.92 Å². The normalized spacial score (nSPS) is 11.3. The van der Waals surface area contributed by atoms with Crippen LogP contribution in [0.15, 0.2) is 41.4 Å². The summed E-state index contributed by atoms with van der Waals surface area (Å²) in [6.07, 6.45) is 2.59. The van der Waals surface area contributed by atoms with Crippen LogP contribution >= 0.6 is 0 Å². The van der Waals surface area contributed by atoms with E-state index in [0.717, 1.165) is 11.8 Å². The van der Waals surface area contributed by atoms with Gasteiger partial charge in [-0.3, -0.25) is 0 Å². The van der Waals surface area contributed by atoms with Crippen LogP contribution in [0.1, 0.15) is 5.56 Å². The fourth-order valence-corrected chi connectivity index (χ4v) is 2.30. The van der Waals surface area contributed by atoms with Crippen molar-refractivity contribution in [1.82, 2.24) is 4.98 Å². The van der Waals surface area contributed by atoms with Gasteiger partial charge in [-0.2, -0.15) is 0 Å². The predicted molar refractivity (Wildman–Crippen MR) is 73.0 cm³/mol. The van der Waals surface area contributed by atoms with Crippen LogP contribution in [0.3, 0.4) is 0 Å². The number of benzene rings is 1. The fraction of sp³-hybridized carbons (Fsp3) is 0.154. The van der Waals surface area contributed by atoms with Crippen molar-refractivity contribution in [3.8, 4) is 11.6 Å². The maximum atomic E-state index is 11.7. The molecule has 5 nitrogen and oxygen atoms in total. The van der Waals surface area contributed by atoms with Crippen LogP contribution in [-0.2, 0) is 9.84 Å². The second-order valence-corrected chi connectivity index (χ2v) is 6.19. The van der Waals surface area contributed by atoms with Gasteiger partial charge in [-0.25, -0.2) is 13.4 Å². The van der Waals surface area contributed by atoms with Gasteiger partial charge in [0.05, 0.1) is 0 Å². The molecule has 2 aromatic rings. The minimum absolute atomic E-state index is 0.0526. The number of pyridine rings is 1. The van der Waals surface area contributed by atoms with Gasteiger partial charge in [0, 0.05) is 24.2 Å². The maximum Gasteiger partial charge on any atom is 0.238 e. The molecular weight excluding hydrogens is 264 g/mol. The first kappa shape index (κ1) is 13.4. The third-order valence-corrected chi connectivity index (χ3v) is 3.66. The number of rotatable bonds is 3. The smallest absolute Gasteiger partial charge is 0.238 e. The molecule has 100 valence electrons. The van der Waals surface area contributed by atoms with E-state index >= 15 is 0 Å². The highest BCUT2D eigenvalue weighted by Gasteiger charge is 2.16. The van der Waals surface area contributed by atoms with Crippen LogP contribution in [0.4, 0.5) is 5.69 Å². The first-order chi connectivity index (χ1) is 8.88.